The van der Waals surface area contributed by atoms with Crippen LogP contribution in [0.1, 0.15) is 24.4 Å². The molecule has 0 aliphatic carbocycles. The fourth-order valence-corrected chi connectivity index (χ4v) is 3.16. The molecular formula is C20H22ClF3N2O2. The van der Waals surface area contributed by atoms with E-state index in [-0.39, 0.29) is 49.0 Å². The predicted molar refractivity (Wildman–Crippen MR) is 102 cm³/mol. The Bertz CT molecular complexity index is 807. The van der Waals surface area contributed by atoms with Crippen LogP contribution in [0.3, 0.4) is 0 Å². The lowest BCUT2D eigenvalue weighted by Crippen LogP contribution is -2.48. The molecule has 1 N–H and O–H groups in total. The standard InChI is InChI=1S/C20H21F3N2O2.ClH/c21-15-4-1-3-14(11-15)18-13-24-8-9-25(18)20(26)5-2-10-27-19-7-6-16(22)12-17(19)23;/h1,3-4,6-7,11-12,18,24H,2,5,8-10,13H2;1H. The van der Waals surface area contributed by atoms with Gasteiger partial charge in [0.05, 0.1) is 12.6 Å². The minimum absolute atomic E-state index is 0. The molecule has 8 heteroatoms. The van der Waals surface area contributed by atoms with Gasteiger partial charge in [-0.05, 0) is 36.2 Å². The van der Waals surface area contributed by atoms with Crippen molar-refractivity contribution < 1.29 is 22.7 Å². The SMILES string of the molecule is Cl.O=C(CCCOc1ccc(F)cc1F)N1CCNCC1c1cccc(F)c1. The van der Waals surface area contributed by atoms with Crippen LogP contribution in [0.2, 0.25) is 0 Å². The van der Waals surface area contributed by atoms with Gasteiger partial charge < -0.3 is 15.0 Å². The van der Waals surface area contributed by atoms with Gasteiger partial charge in [-0.1, -0.05) is 12.1 Å². The van der Waals surface area contributed by atoms with E-state index in [1.165, 1.54) is 18.2 Å². The molecule has 4 nitrogen and oxygen atoms in total. The van der Waals surface area contributed by atoms with Crippen molar-refractivity contribution in [3.05, 3.63) is 65.5 Å². The van der Waals surface area contributed by atoms with E-state index in [1.54, 1.807) is 17.0 Å². The summed E-state index contributed by atoms with van der Waals surface area (Å²) in [6, 6.07) is 9.13. The smallest absolute Gasteiger partial charge is 0.223 e. The zero-order chi connectivity index (χ0) is 19.2. The number of nitrogens with zero attached hydrogens (tertiary/aromatic N) is 1. The number of carbonyl (C=O) groups is 1. The largest absolute Gasteiger partial charge is 0.491 e. The van der Waals surface area contributed by atoms with E-state index in [4.69, 9.17) is 4.74 Å². The van der Waals surface area contributed by atoms with E-state index in [2.05, 4.69) is 5.32 Å². The quantitative estimate of drug-likeness (QED) is 0.730. The number of benzene rings is 2. The summed E-state index contributed by atoms with van der Waals surface area (Å²) < 4.78 is 45.2. The van der Waals surface area contributed by atoms with Crippen LogP contribution in [0.5, 0.6) is 5.75 Å². The van der Waals surface area contributed by atoms with E-state index >= 15 is 0 Å². The van der Waals surface area contributed by atoms with Gasteiger partial charge in [-0.25, -0.2) is 13.2 Å². The maximum Gasteiger partial charge on any atom is 0.223 e. The fraction of sp³-hybridized carbons (Fsp3) is 0.350. The molecule has 1 fully saturated rings. The van der Waals surface area contributed by atoms with Crippen LogP contribution in [-0.4, -0.2) is 37.0 Å². The van der Waals surface area contributed by atoms with E-state index < -0.39 is 11.6 Å². The normalized spacial score (nSPS) is 16.4. The Morgan fingerprint density at radius 3 is 2.68 bits per heavy atom. The topological polar surface area (TPSA) is 41.6 Å². The minimum atomic E-state index is -0.769. The molecule has 0 aromatic heterocycles. The molecule has 1 heterocycles. The van der Waals surface area contributed by atoms with Crippen molar-refractivity contribution >= 4 is 18.3 Å². The highest BCUT2D eigenvalue weighted by Crippen LogP contribution is 2.24. The van der Waals surface area contributed by atoms with E-state index in [0.29, 0.717) is 26.1 Å². The molecule has 1 aliphatic heterocycles. The van der Waals surface area contributed by atoms with Gasteiger partial charge in [-0.15, -0.1) is 12.4 Å². The first-order valence-electron chi connectivity index (χ1n) is 8.88. The van der Waals surface area contributed by atoms with Crippen LogP contribution in [0.15, 0.2) is 42.5 Å². The average molecular weight is 415 g/mol. The molecule has 0 saturated carbocycles. The number of amides is 1. The van der Waals surface area contributed by atoms with Crippen LogP contribution in [0.25, 0.3) is 0 Å². The summed E-state index contributed by atoms with van der Waals surface area (Å²) in [4.78, 5) is 14.4. The Balaban J connectivity index is 0.00000280. The second-order valence-corrected chi connectivity index (χ2v) is 6.39. The number of nitrogens with one attached hydrogen (secondary N) is 1. The Morgan fingerprint density at radius 1 is 1.14 bits per heavy atom. The monoisotopic (exact) mass is 414 g/mol. The Morgan fingerprint density at radius 2 is 1.93 bits per heavy atom. The molecule has 1 saturated heterocycles. The number of carbonyl (C=O) groups excluding carboxylic acids is 1. The Labute approximate surface area is 168 Å². The van der Waals surface area contributed by atoms with Crippen molar-refractivity contribution in [2.45, 2.75) is 18.9 Å². The summed E-state index contributed by atoms with van der Waals surface area (Å²) >= 11 is 0. The van der Waals surface area contributed by atoms with Gasteiger partial charge in [0.1, 0.15) is 11.6 Å². The number of hydrogen-bond donors (Lipinski definition) is 1. The second kappa shape index (κ2) is 10.3. The Kier molecular flexibility index (Phi) is 8.14. The lowest BCUT2D eigenvalue weighted by Gasteiger charge is -2.36. The summed E-state index contributed by atoms with van der Waals surface area (Å²) in [5.74, 6) is -1.87. The third kappa shape index (κ3) is 5.62. The molecule has 0 radical (unpaired) electrons. The van der Waals surface area contributed by atoms with E-state index in [0.717, 1.165) is 17.7 Å². The van der Waals surface area contributed by atoms with Crippen molar-refractivity contribution in [3.63, 3.8) is 0 Å². The number of ether oxygens (including phenoxy) is 1. The van der Waals surface area contributed by atoms with Gasteiger partial charge in [0.15, 0.2) is 11.6 Å². The van der Waals surface area contributed by atoms with Gasteiger partial charge in [0.25, 0.3) is 0 Å². The van der Waals surface area contributed by atoms with Crippen molar-refractivity contribution in [1.29, 1.82) is 0 Å². The Hall–Kier alpha value is -2.25. The summed E-state index contributed by atoms with van der Waals surface area (Å²) in [5.41, 5.74) is 0.750. The minimum Gasteiger partial charge on any atom is -0.491 e. The molecule has 0 bridgehead atoms. The van der Waals surface area contributed by atoms with E-state index in [9.17, 15) is 18.0 Å². The maximum absolute atomic E-state index is 13.5. The summed E-state index contributed by atoms with van der Waals surface area (Å²) in [5, 5.41) is 3.22. The molecule has 1 unspecified atom stereocenters. The van der Waals surface area contributed by atoms with Gasteiger partial charge >= 0.3 is 0 Å². The number of halogens is 4. The van der Waals surface area contributed by atoms with Gasteiger partial charge in [0, 0.05) is 32.1 Å². The average Bonchev–Trinajstić information content (AvgIpc) is 2.66. The maximum atomic E-state index is 13.5. The summed E-state index contributed by atoms with van der Waals surface area (Å²) in [6.45, 7) is 1.92. The zero-order valence-corrected chi connectivity index (χ0v) is 16.0. The van der Waals surface area contributed by atoms with Gasteiger partial charge in [0.2, 0.25) is 5.91 Å². The lowest BCUT2D eigenvalue weighted by molar-refractivity contribution is -0.134. The number of rotatable bonds is 6. The van der Waals surface area contributed by atoms with Crippen molar-refractivity contribution in [3.8, 4) is 5.75 Å². The second-order valence-electron chi connectivity index (χ2n) is 6.39. The first-order chi connectivity index (χ1) is 13.0. The molecule has 1 amide bonds. The third-order valence-electron chi connectivity index (χ3n) is 4.48. The third-order valence-corrected chi connectivity index (χ3v) is 4.48. The molecule has 152 valence electrons. The van der Waals surface area contributed by atoms with E-state index in [1.807, 2.05) is 0 Å². The first-order valence-corrected chi connectivity index (χ1v) is 8.88. The molecule has 2 aromatic carbocycles. The summed E-state index contributed by atoms with van der Waals surface area (Å²) in [7, 11) is 0. The molecule has 2 aromatic rings. The predicted octanol–water partition coefficient (Wildman–Crippen LogP) is 3.86. The molecule has 1 aliphatic rings. The van der Waals surface area contributed by atoms with Crippen LogP contribution < -0.4 is 10.1 Å². The highest BCUT2D eigenvalue weighted by Gasteiger charge is 2.27. The fourth-order valence-electron chi connectivity index (χ4n) is 3.16. The zero-order valence-electron chi connectivity index (χ0n) is 15.2. The van der Waals surface area contributed by atoms with Crippen LogP contribution in [0.4, 0.5) is 13.2 Å². The number of piperazine rings is 1. The van der Waals surface area contributed by atoms with Crippen molar-refractivity contribution in [2.24, 2.45) is 0 Å². The molecule has 28 heavy (non-hydrogen) atoms. The van der Waals surface area contributed by atoms with Crippen molar-refractivity contribution in [1.82, 2.24) is 10.2 Å². The molecule has 0 spiro atoms. The molecule has 3 rings (SSSR count). The number of hydrogen-bond acceptors (Lipinski definition) is 3. The van der Waals surface area contributed by atoms with Crippen LogP contribution in [-0.2, 0) is 4.79 Å². The lowest BCUT2D eigenvalue weighted by atomic mass is 10.0. The summed E-state index contributed by atoms with van der Waals surface area (Å²) in [6.07, 6.45) is 0.629. The van der Waals surface area contributed by atoms with Crippen molar-refractivity contribution in [2.75, 3.05) is 26.2 Å². The molecule has 1 atom stereocenters. The van der Waals surface area contributed by atoms with Gasteiger partial charge in [-0.3, -0.25) is 4.79 Å². The highest BCUT2D eigenvalue weighted by atomic mass is 35.5. The van der Waals surface area contributed by atoms with Gasteiger partial charge in [-0.2, -0.15) is 0 Å². The van der Waals surface area contributed by atoms with Crippen LogP contribution in [0, 0.1) is 17.5 Å². The first kappa shape index (κ1) is 22.0. The highest BCUT2D eigenvalue weighted by molar-refractivity contribution is 5.85. The molecular weight excluding hydrogens is 393 g/mol. The van der Waals surface area contributed by atoms with Crippen LogP contribution >= 0.6 is 12.4 Å².